The van der Waals surface area contributed by atoms with Crippen LogP contribution in [0.4, 0.5) is 0 Å². The largest absolute Gasteiger partial charge is 0.506 e. The third-order valence-corrected chi connectivity index (χ3v) is 2.13. The van der Waals surface area contributed by atoms with Gasteiger partial charge in [0.15, 0.2) is 0 Å². The van der Waals surface area contributed by atoms with Gasteiger partial charge in [-0.2, -0.15) is 0 Å². The molecule has 0 atom stereocenters. The van der Waals surface area contributed by atoms with Crippen LogP contribution in [-0.4, -0.2) is 15.9 Å². The molecule has 2 rings (SSSR count). The highest BCUT2D eigenvalue weighted by Crippen LogP contribution is 2.22. The molecule has 0 radical (unpaired) electrons. The van der Waals surface area contributed by atoms with Crippen molar-refractivity contribution in [1.29, 1.82) is 5.41 Å². The van der Waals surface area contributed by atoms with Crippen molar-refractivity contribution in [3.63, 3.8) is 0 Å². The van der Waals surface area contributed by atoms with Gasteiger partial charge in [0.1, 0.15) is 11.3 Å². The van der Waals surface area contributed by atoms with E-state index in [1.165, 1.54) is 0 Å². The zero-order valence-electron chi connectivity index (χ0n) is 8.07. The molecule has 0 amide bonds. The third-order valence-electron chi connectivity index (χ3n) is 2.13. The van der Waals surface area contributed by atoms with Crippen molar-refractivity contribution in [3.05, 3.63) is 36.0 Å². The van der Waals surface area contributed by atoms with E-state index in [4.69, 9.17) is 11.1 Å². The smallest absolute Gasteiger partial charge is 0.141 e. The van der Waals surface area contributed by atoms with Gasteiger partial charge in [-0.05, 0) is 12.1 Å². The molecule has 4 N–H and O–H groups in total. The number of aromatic nitrogens is 1. The summed E-state index contributed by atoms with van der Waals surface area (Å²) in [6.07, 6.45) is 0.310. The first-order valence-corrected chi connectivity index (χ1v) is 4.57. The van der Waals surface area contributed by atoms with Crippen LogP contribution in [0.25, 0.3) is 10.9 Å². The van der Waals surface area contributed by atoms with Crippen LogP contribution in [0, 0.1) is 5.41 Å². The number of pyridine rings is 1. The molecule has 4 heteroatoms. The van der Waals surface area contributed by atoms with Gasteiger partial charge in [-0.3, -0.25) is 5.41 Å². The number of hydrogen-bond acceptors (Lipinski definition) is 3. The van der Waals surface area contributed by atoms with Crippen LogP contribution >= 0.6 is 0 Å². The summed E-state index contributed by atoms with van der Waals surface area (Å²) in [5, 5.41) is 17.6. The molecule has 4 nitrogen and oxygen atoms in total. The van der Waals surface area contributed by atoms with Crippen LogP contribution in [0.2, 0.25) is 0 Å². The summed E-state index contributed by atoms with van der Waals surface area (Å²) in [6.45, 7) is 0. The molecule has 1 aromatic carbocycles. The number of benzene rings is 1. The summed E-state index contributed by atoms with van der Waals surface area (Å²) in [5.41, 5.74) is 6.53. The molecule has 76 valence electrons. The first-order chi connectivity index (χ1) is 7.16. The number of amidine groups is 1. The van der Waals surface area contributed by atoms with Crippen LogP contribution in [0.3, 0.4) is 0 Å². The molecule has 0 fully saturated rings. The Kier molecular flexibility index (Phi) is 2.25. The number of nitrogens with one attached hydrogen (secondary N) is 1. The van der Waals surface area contributed by atoms with Crippen molar-refractivity contribution in [3.8, 4) is 5.75 Å². The summed E-state index contributed by atoms with van der Waals surface area (Å²) >= 11 is 0. The first-order valence-electron chi connectivity index (χ1n) is 4.57. The number of phenols is 1. The SMILES string of the molecule is N=C(N)Cc1ccc2cccc(O)c2n1. The Morgan fingerprint density at radius 3 is 2.87 bits per heavy atom. The number of hydrogen-bond donors (Lipinski definition) is 3. The van der Waals surface area contributed by atoms with Gasteiger partial charge in [0.2, 0.25) is 0 Å². The van der Waals surface area contributed by atoms with E-state index in [-0.39, 0.29) is 11.6 Å². The summed E-state index contributed by atoms with van der Waals surface area (Å²) in [6, 6.07) is 8.90. The molecular weight excluding hydrogens is 190 g/mol. The van der Waals surface area contributed by atoms with Crippen molar-refractivity contribution in [2.24, 2.45) is 5.73 Å². The zero-order chi connectivity index (χ0) is 10.8. The maximum absolute atomic E-state index is 9.58. The van der Waals surface area contributed by atoms with Gasteiger partial charge >= 0.3 is 0 Å². The minimum absolute atomic E-state index is 0.0669. The normalized spacial score (nSPS) is 10.4. The number of nitrogens with two attached hydrogens (primary N) is 1. The number of para-hydroxylation sites is 1. The van der Waals surface area contributed by atoms with Crippen LogP contribution in [-0.2, 0) is 6.42 Å². The Morgan fingerprint density at radius 2 is 2.13 bits per heavy atom. The Morgan fingerprint density at radius 1 is 1.33 bits per heavy atom. The van der Waals surface area contributed by atoms with Gasteiger partial charge < -0.3 is 10.8 Å². The van der Waals surface area contributed by atoms with Crippen LogP contribution in [0.15, 0.2) is 30.3 Å². The van der Waals surface area contributed by atoms with Crippen LogP contribution in [0.5, 0.6) is 5.75 Å². The van der Waals surface area contributed by atoms with Crippen molar-refractivity contribution in [2.45, 2.75) is 6.42 Å². The molecule has 0 aliphatic rings. The maximum atomic E-state index is 9.58. The highest BCUT2D eigenvalue weighted by molar-refractivity contribution is 5.85. The fourth-order valence-electron chi connectivity index (χ4n) is 1.47. The minimum Gasteiger partial charge on any atom is -0.506 e. The Bertz CT molecular complexity index is 522. The average Bonchev–Trinajstić information content (AvgIpc) is 2.18. The molecule has 0 unspecified atom stereocenters. The van der Waals surface area contributed by atoms with Crippen molar-refractivity contribution in [2.75, 3.05) is 0 Å². The molecule has 1 aromatic heterocycles. The van der Waals surface area contributed by atoms with E-state index in [1.807, 2.05) is 18.2 Å². The first kappa shape index (κ1) is 9.45. The predicted octanol–water partition coefficient (Wildman–Crippen LogP) is 1.42. The standard InChI is InChI=1S/C11H11N3O/c12-10(13)6-8-5-4-7-2-1-3-9(15)11(7)14-8/h1-5,15H,6H2,(H3,12,13). The van der Waals surface area contributed by atoms with E-state index in [0.29, 0.717) is 17.6 Å². The van der Waals surface area contributed by atoms with Crippen molar-refractivity contribution >= 4 is 16.7 Å². The Balaban J connectivity index is 2.54. The number of rotatable bonds is 2. The van der Waals surface area contributed by atoms with Crippen LogP contribution in [0.1, 0.15) is 5.69 Å². The van der Waals surface area contributed by atoms with E-state index in [9.17, 15) is 5.11 Å². The van der Waals surface area contributed by atoms with E-state index < -0.39 is 0 Å². The quantitative estimate of drug-likeness (QED) is 0.507. The molecule has 0 spiro atoms. The second kappa shape index (κ2) is 3.57. The minimum atomic E-state index is 0.0669. The van der Waals surface area contributed by atoms with Gasteiger partial charge in [-0.15, -0.1) is 0 Å². The third kappa shape index (κ3) is 1.88. The van der Waals surface area contributed by atoms with E-state index >= 15 is 0 Å². The topological polar surface area (TPSA) is 83.0 Å². The second-order valence-corrected chi connectivity index (χ2v) is 3.35. The summed E-state index contributed by atoms with van der Waals surface area (Å²) in [4.78, 5) is 4.24. The highest BCUT2D eigenvalue weighted by Gasteiger charge is 2.03. The Hall–Kier alpha value is -2.10. The van der Waals surface area contributed by atoms with Crippen LogP contribution < -0.4 is 5.73 Å². The predicted molar refractivity (Wildman–Crippen MR) is 59.0 cm³/mol. The molecule has 15 heavy (non-hydrogen) atoms. The highest BCUT2D eigenvalue weighted by atomic mass is 16.3. The van der Waals surface area contributed by atoms with Gasteiger partial charge in [0.25, 0.3) is 0 Å². The summed E-state index contributed by atoms with van der Waals surface area (Å²) in [7, 11) is 0. The van der Waals surface area contributed by atoms with E-state index in [0.717, 1.165) is 5.39 Å². The molecule has 2 aromatic rings. The zero-order valence-corrected chi connectivity index (χ0v) is 8.07. The van der Waals surface area contributed by atoms with Gasteiger partial charge in [0, 0.05) is 17.5 Å². The second-order valence-electron chi connectivity index (χ2n) is 3.35. The fourth-order valence-corrected chi connectivity index (χ4v) is 1.47. The van der Waals surface area contributed by atoms with Crippen molar-refractivity contribution in [1.82, 2.24) is 4.98 Å². The molecule has 0 bridgehead atoms. The lowest BCUT2D eigenvalue weighted by Crippen LogP contribution is -2.13. The molecule has 0 aliphatic carbocycles. The number of aromatic hydroxyl groups is 1. The summed E-state index contributed by atoms with van der Waals surface area (Å²) in [5.74, 6) is 0.218. The molecule has 0 aliphatic heterocycles. The lowest BCUT2D eigenvalue weighted by Gasteiger charge is -2.03. The van der Waals surface area contributed by atoms with E-state index in [2.05, 4.69) is 4.98 Å². The van der Waals surface area contributed by atoms with Gasteiger partial charge in [0.05, 0.1) is 5.84 Å². The lowest BCUT2D eigenvalue weighted by atomic mass is 10.1. The number of phenolic OH excluding ortho intramolecular Hbond substituents is 1. The Labute approximate surface area is 86.9 Å². The number of nitrogens with zero attached hydrogens (tertiary/aromatic N) is 1. The summed E-state index contributed by atoms with van der Waals surface area (Å²) < 4.78 is 0. The monoisotopic (exact) mass is 201 g/mol. The van der Waals surface area contributed by atoms with Gasteiger partial charge in [-0.1, -0.05) is 18.2 Å². The number of fused-ring (bicyclic) bond motifs is 1. The lowest BCUT2D eigenvalue weighted by molar-refractivity contribution is 0.480. The maximum Gasteiger partial charge on any atom is 0.141 e. The molecule has 1 heterocycles. The molecular formula is C11H11N3O. The average molecular weight is 201 g/mol. The van der Waals surface area contributed by atoms with Crippen molar-refractivity contribution < 1.29 is 5.11 Å². The molecule has 0 saturated carbocycles. The van der Waals surface area contributed by atoms with E-state index in [1.54, 1.807) is 12.1 Å². The molecule has 0 saturated heterocycles. The fraction of sp³-hybridized carbons (Fsp3) is 0.0909. The van der Waals surface area contributed by atoms with Gasteiger partial charge in [-0.25, -0.2) is 4.98 Å².